The first kappa shape index (κ1) is 12.5. The van der Waals surface area contributed by atoms with Crippen molar-refractivity contribution in [1.82, 2.24) is 5.32 Å². The molecule has 0 aliphatic carbocycles. The molecule has 4 nitrogen and oxygen atoms in total. The van der Waals surface area contributed by atoms with Gasteiger partial charge < -0.3 is 15.8 Å². The molecule has 4 heteroatoms. The maximum Gasteiger partial charge on any atom is 0.249 e. The molecule has 0 spiro atoms. The van der Waals surface area contributed by atoms with Crippen LogP contribution in [0.25, 0.3) is 0 Å². The number of carbonyl (C=O) groups excluding carboxylic acids is 1. The first-order valence-corrected chi connectivity index (χ1v) is 5.69. The van der Waals surface area contributed by atoms with E-state index in [1.54, 1.807) is 0 Å². The zero-order valence-corrected chi connectivity index (χ0v) is 9.82. The summed E-state index contributed by atoms with van der Waals surface area (Å²) in [6.07, 6.45) is 1.73. The van der Waals surface area contributed by atoms with Crippen molar-refractivity contribution >= 4 is 5.91 Å². The summed E-state index contributed by atoms with van der Waals surface area (Å²) in [6, 6.07) is 0.0211. The van der Waals surface area contributed by atoms with Gasteiger partial charge in [0, 0.05) is 12.6 Å². The summed E-state index contributed by atoms with van der Waals surface area (Å²) < 4.78 is 5.46. The Morgan fingerprint density at radius 3 is 2.67 bits per heavy atom. The highest BCUT2D eigenvalue weighted by molar-refractivity contribution is 5.81. The Balaban J connectivity index is 2.24. The van der Waals surface area contributed by atoms with E-state index >= 15 is 0 Å². The minimum Gasteiger partial charge on any atom is -0.365 e. The van der Waals surface area contributed by atoms with Crippen LogP contribution in [0.5, 0.6) is 0 Å². The van der Waals surface area contributed by atoms with E-state index in [1.165, 1.54) is 0 Å². The number of hydrogen-bond donors (Lipinski definition) is 2. The molecule has 0 aromatic rings. The van der Waals surface area contributed by atoms with Crippen molar-refractivity contribution < 1.29 is 9.53 Å². The molecule has 1 amide bonds. The Morgan fingerprint density at radius 2 is 2.20 bits per heavy atom. The van der Waals surface area contributed by atoms with E-state index in [-0.39, 0.29) is 24.2 Å². The summed E-state index contributed by atoms with van der Waals surface area (Å²) in [5.74, 6) is 0.365. The van der Waals surface area contributed by atoms with E-state index < -0.39 is 0 Å². The molecule has 0 aromatic carbocycles. The van der Waals surface area contributed by atoms with Crippen LogP contribution in [0, 0.1) is 5.92 Å². The molecular weight excluding hydrogens is 192 g/mol. The number of carbonyl (C=O) groups is 1. The molecule has 88 valence electrons. The molecule has 0 saturated carbocycles. The van der Waals surface area contributed by atoms with Crippen molar-refractivity contribution in [1.29, 1.82) is 0 Å². The van der Waals surface area contributed by atoms with Crippen LogP contribution in [0.4, 0.5) is 0 Å². The quantitative estimate of drug-likeness (QED) is 0.722. The standard InChI is InChI=1S/C11H22N2O2/c1-7(2)9(12)6-13-11(14)10-5-4-8(3)15-10/h7-10H,4-6,12H2,1-3H3,(H,13,14). The van der Waals surface area contributed by atoms with Gasteiger partial charge in [0.2, 0.25) is 5.91 Å². The van der Waals surface area contributed by atoms with Crippen molar-refractivity contribution in [2.45, 2.75) is 51.9 Å². The average Bonchev–Trinajstić information content (AvgIpc) is 2.60. The van der Waals surface area contributed by atoms with E-state index in [2.05, 4.69) is 5.32 Å². The average molecular weight is 214 g/mol. The van der Waals surface area contributed by atoms with Crippen LogP contribution in [-0.2, 0) is 9.53 Å². The lowest BCUT2D eigenvalue weighted by atomic mass is 10.1. The minimum atomic E-state index is -0.264. The van der Waals surface area contributed by atoms with E-state index in [1.807, 2.05) is 20.8 Å². The van der Waals surface area contributed by atoms with Crippen LogP contribution >= 0.6 is 0 Å². The molecule has 1 fully saturated rings. The predicted octanol–water partition coefficient (Wildman–Crippen LogP) is 0.653. The van der Waals surface area contributed by atoms with Crippen LogP contribution in [0.2, 0.25) is 0 Å². The third-order valence-electron chi connectivity index (χ3n) is 2.89. The van der Waals surface area contributed by atoms with Gasteiger partial charge in [0.25, 0.3) is 0 Å². The molecule has 3 atom stereocenters. The van der Waals surface area contributed by atoms with Gasteiger partial charge in [-0.25, -0.2) is 0 Å². The predicted molar refractivity (Wildman–Crippen MR) is 59.4 cm³/mol. The molecule has 1 saturated heterocycles. The van der Waals surface area contributed by atoms with Gasteiger partial charge in [0.15, 0.2) is 0 Å². The zero-order chi connectivity index (χ0) is 11.4. The Bertz CT molecular complexity index is 219. The molecule has 0 radical (unpaired) electrons. The Hall–Kier alpha value is -0.610. The van der Waals surface area contributed by atoms with Crippen molar-refractivity contribution in [3.8, 4) is 0 Å². The molecule has 15 heavy (non-hydrogen) atoms. The SMILES string of the molecule is CC1CCC(C(=O)NCC(N)C(C)C)O1. The molecule has 1 rings (SSSR count). The highest BCUT2D eigenvalue weighted by atomic mass is 16.5. The third-order valence-corrected chi connectivity index (χ3v) is 2.89. The zero-order valence-electron chi connectivity index (χ0n) is 9.82. The normalized spacial score (nSPS) is 28.1. The van der Waals surface area contributed by atoms with Gasteiger partial charge in [-0.15, -0.1) is 0 Å². The summed E-state index contributed by atoms with van der Waals surface area (Å²) in [6.45, 7) is 6.62. The summed E-state index contributed by atoms with van der Waals surface area (Å²) in [7, 11) is 0. The van der Waals surface area contributed by atoms with Gasteiger partial charge >= 0.3 is 0 Å². The lowest BCUT2D eigenvalue weighted by Crippen LogP contribution is -2.44. The van der Waals surface area contributed by atoms with Crippen LogP contribution in [-0.4, -0.2) is 30.7 Å². The second-order valence-corrected chi connectivity index (χ2v) is 4.67. The largest absolute Gasteiger partial charge is 0.365 e. The second-order valence-electron chi connectivity index (χ2n) is 4.67. The smallest absolute Gasteiger partial charge is 0.249 e. The summed E-state index contributed by atoms with van der Waals surface area (Å²) in [5, 5.41) is 2.84. The number of nitrogens with one attached hydrogen (secondary N) is 1. The molecule has 0 bridgehead atoms. The topological polar surface area (TPSA) is 64.4 Å². The molecule has 1 heterocycles. The number of rotatable bonds is 4. The third kappa shape index (κ3) is 3.80. The highest BCUT2D eigenvalue weighted by Gasteiger charge is 2.28. The van der Waals surface area contributed by atoms with Crippen molar-refractivity contribution in [3.05, 3.63) is 0 Å². The van der Waals surface area contributed by atoms with Gasteiger partial charge in [0.05, 0.1) is 6.10 Å². The van der Waals surface area contributed by atoms with E-state index in [4.69, 9.17) is 10.5 Å². The molecule has 0 aromatic heterocycles. The Morgan fingerprint density at radius 1 is 1.53 bits per heavy atom. The number of hydrogen-bond acceptors (Lipinski definition) is 3. The van der Waals surface area contributed by atoms with Crippen LogP contribution < -0.4 is 11.1 Å². The van der Waals surface area contributed by atoms with Crippen LogP contribution in [0.15, 0.2) is 0 Å². The molecule has 3 unspecified atom stereocenters. The summed E-state index contributed by atoms with van der Waals surface area (Å²) >= 11 is 0. The number of nitrogens with two attached hydrogens (primary N) is 1. The Kier molecular flexibility index (Phi) is 4.54. The van der Waals surface area contributed by atoms with Gasteiger partial charge in [-0.05, 0) is 25.7 Å². The van der Waals surface area contributed by atoms with E-state index in [0.717, 1.165) is 12.8 Å². The second kappa shape index (κ2) is 5.47. The van der Waals surface area contributed by atoms with Crippen molar-refractivity contribution in [3.63, 3.8) is 0 Å². The fourth-order valence-electron chi connectivity index (χ4n) is 1.56. The van der Waals surface area contributed by atoms with Crippen LogP contribution in [0.3, 0.4) is 0 Å². The van der Waals surface area contributed by atoms with Crippen LogP contribution in [0.1, 0.15) is 33.6 Å². The van der Waals surface area contributed by atoms with Gasteiger partial charge in [-0.2, -0.15) is 0 Å². The maximum atomic E-state index is 11.6. The molecular formula is C11H22N2O2. The van der Waals surface area contributed by atoms with E-state index in [9.17, 15) is 4.79 Å². The lowest BCUT2D eigenvalue weighted by molar-refractivity contribution is -0.131. The summed E-state index contributed by atoms with van der Waals surface area (Å²) in [5.41, 5.74) is 5.84. The monoisotopic (exact) mass is 214 g/mol. The molecule has 1 aliphatic rings. The fourth-order valence-corrected chi connectivity index (χ4v) is 1.56. The summed E-state index contributed by atoms with van der Waals surface area (Å²) in [4.78, 5) is 11.6. The van der Waals surface area contributed by atoms with Crippen molar-refractivity contribution in [2.24, 2.45) is 11.7 Å². The lowest BCUT2D eigenvalue weighted by Gasteiger charge is -2.18. The first-order valence-electron chi connectivity index (χ1n) is 5.69. The van der Waals surface area contributed by atoms with E-state index in [0.29, 0.717) is 12.5 Å². The first-order chi connectivity index (χ1) is 7.00. The Labute approximate surface area is 91.5 Å². The highest BCUT2D eigenvalue weighted by Crippen LogP contribution is 2.18. The number of ether oxygens (including phenoxy) is 1. The maximum absolute atomic E-state index is 11.6. The van der Waals surface area contributed by atoms with Gasteiger partial charge in [0.1, 0.15) is 6.10 Å². The van der Waals surface area contributed by atoms with Crippen molar-refractivity contribution in [2.75, 3.05) is 6.54 Å². The number of amides is 1. The van der Waals surface area contributed by atoms with Gasteiger partial charge in [-0.3, -0.25) is 4.79 Å². The van der Waals surface area contributed by atoms with Gasteiger partial charge in [-0.1, -0.05) is 13.8 Å². The molecule has 1 aliphatic heterocycles. The minimum absolute atomic E-state index is 0.0181. The fraction of sp³-hybridized carbons (Fsp3) is 0.909. The molecule has 3 N–H and O–H groups in total.